The predicted octanol–water partition coefficient (Wildman–Crippen LogP) is 1.51. The Morgan fingerprint density at radius 3 is 2.79 bits per heavy atom. The molecule has 1 saturated carbocycles. The van der Waals surface area contributed by atoms with Crippen LogP contribution in [0.15, 0.2) is 0 Å². The molecule has 4 heteroatoms. The predicted molar refractivity (Wildman–Crippen MR) is 75.6 cm³/mol. The number of carbonyl (C=O) groups is 1. The molecule has 4 nitrogen and oxygen atoms in total. The van der Waals surface area contributed by atoms with Crippen LogP contribution in [-0.2, 0) is 4.79 Å². The van der Waals surface area contributed by atoms with Crippen molar-refractivity contribution in [1.29, 1.82) is 0 Å². The van der Waals surface area contributed by atoms with Gasteiger partial charge in [-0.25, -0.2) is 0 Å². The molecule has 0 aromatic carbocycles. The molecule has 2 rings (SSSR count). The van der Waals surface area contributed by atoms with Crippen LogP contribution < -0.4 is 5.73 Å². The van der Waals surface area contributed by atoms with Crippen molar-refractivity contribution >= 4 is 5.91 Å². The van der Waals surface area contributed by atoms with Crippen molar-refractivity contribution < 1.29 is 9.90 Å². The monoisotopic (exact) mass is 268 g/mol. The third-order valence-corrected chi connectivity index (χ3v) is 4.84. The number of amides is 1. The molecule has 110 valence electrons. The lowest BCUT2D eigenvalue weighted by atomic mass is 9.80. The van der Waals surface area contributed by atoms with Crippen LogP contribution in [0.1, 0.15) is 51.4 Å². The molecule has 19 heavy (non-hydrogen) atoms. The van der Waals surface area contributed by atoms with Gasteiger partial charge >= 0.3 is 0 Å². The van der Waals surface area contributed by atoms with Crippen LogP contribution in [0.25, 0.3) is 0 Å². The van der Waals surface area contributed by atoms with E-state index in [1.54, 1.807) is 0 Å². The number of aliphatic hydroxyl groups is 1. The Kier molecular flexibility index (Phi) is 5.64. The van der Waals surface area contributed by atoms with Crippen LogP contribution in [0.5, 0.6) is 0 Å². The van der Waals surface area contributed by atoms with E-state index in [1.165, 1.54) is 12.8 Å². The maximum atomic E-state index is 12.7. The number of nitrogens with zero attached hydrogens (tertiary/aromatic N) is 1. The van der Waals surface area contributed by atoms with Crippen molar-refractivity contribution in [2.45, 2.75) is 57.4 Å². The molecule has 2 fully saturated rings. The van der Waals surface area contributed by atoms with Gasteiger partial charge in [0, 0.05) is 25.1 Å². The number of aliphatic hydroxyl groups excluding tert-OH is 1. The minimum absolute atomic E-state index is 0.182. The molecule has 0 aromatic rings. The Morgan fingerprint density at radius 1 is 1.21 bits per heavy atom. The normalized spacial score (nSPS) is 32.3. The zero-order chi connectivity index (χ0) is 13.7. The highest BCUT2D eigenvalue weighted by Gasteiger charge is 2.33. The lowest BCUT2D eigenvalue weighted by molar-refractivity contribution is -0.141. The zero-order valence-electron chi connectivity index (χ0n) is 11.9. The maximum Gasteiger partial charge on any atom is 0.225 e. The largest absolute Gasteiger partial charge is 0.396 e. The summed E-state index contributed by atoms with van der Waals surface area (Å²) in [5.41, 5.74) is 5.76. The Bertz CT molecular complexity index is 294. The molecule has 1 aliphatic carbocycles. The minimum Gasteiger partial charge on any atom is -0.396 e. The third kappa shape index (κ3) is 3.69. The number of piperidine rings is 1. The summed E-state index contributed by atoms with van der Waals surface area (Å²) in [7, 11) is 0. The first kappa shape index (κ1) is 14.8. The van der Waals surface area contributed by atoms with E-state index in [9.17, 15) is 4.79 Å². The molecule has 1 heterocycles. The molecule has 3 atom stereocenters. The Balaban J connectivity index is 1.96. The molecular formula is C15H28N2O2. The fourth-order valence-corrected chi connectivity index (χ4v) is 3.70. The van der Waals surface area contributed by atoms with E-state index in [0.29, 0.717) is 18.4 Å². The van der Waals surface area contributed by atoms with Crippen LogP contribution in [0.3, 0.4) is 0 Å². The lowest BCUT2D eigenvalue weighted by Gasteiger charge is -2.39. The molecule has 0 bridgehead atoms. The standard InChI is InChI=1S/C15H28N2O2/c16-11-12-4-3-5-13(10-12)15(19)17-8-2-1-6-14(17)7-9-18/h12-14,18H,1-11,16H2. The van der Waals surface area contributed by atoms with Gasteiger partial charge in [-0.2, -0.15) is 0 Å². The number of hydrogen-bond donors (Lipinski definition) is 2. The van der Waals surface area contributed by atoms with Crippen LogP contribution in [0, 0.1) is 11.8 Å². The Hall–Kier alpha value is -0.610. The summed E-state index contributed by atoms with van der Waals surface area (Å²) in [5.74, 6) is 1.04. The molecule has 0 radical (unpaired) electrons. The summed E-state index contributed by atoms with van der Waals surface area (Å²) in [4.78, 5) is 14.8. The van der Waals surface area contributed by atoms with Gasteiger partial charge in [0.15, 0.2) is 0 Å². The average Bonchev–Trinajstić information content (AvgIpc) is 2.47. The highest BCUT2D eigenvalue weighted by molar-refractivity contribution is 5.79. The molecule has 1 aliphatic heterocycles. The highest BCUT2D eigenvalue weighted by atomic mass is 16.3. The van der Waals surface area contributed by atoms with Gasteiger partial charge in [-0.15, -0.1) is 0 Å². The molecule has 3 N–H and O–H groups in total. The number of carbonyl (C=O) groups excluding carboxylic acids is 1. The summed E-state index contributed by atoms with van der Waals surface area (Å²) in [5, 5.41) is 9.15. The van der Waals surface area contributed by atoms with Crippen molar-refractivity contribution in [2.24, 2.45) is 17.6 Å². The second-order valence-electron chi connectivity index (χ2n) is 6.16. The van der Waals surface area contributed by atoms with Gasteiger partial charge in [0.2, 0.25) is 5.91 Å². The van der Waals surface area contributed by atoms with Crippen LogP contribution in [-0.4, -0.2) is 41.7 Å². The lowest BCUT2D eigenvalue weighted by Crippen LogP contribution is -2.47. The van der Waals surface area contributed by atoms with Gasteiger partial charge in [-0.05, 0) is 57.4 Å². The summed E-state index contributed by atoms with van der Waals surface area (Å²) in [6.45, 7) is 1.78. The third-order valence-electron chi connectivity index (χ3n) is 4.84. The topological polar surface area (TPSA) is 66.6 Å². The summed E-state index contributed by atoms with van der Waals surface area (Å²) >= 11 is 0. The fourth-order valence-electron chi connectivity index (χ4n) is 3.70. The summed E-state index contributed by atoms with van der Waals surface area (Å²) in [6.07, 6.45) is 8.40. The van der Waals surface area contributed by atoms with E-state index in [4.69, 9.17) is 10.8 Å². The van der Waals surface area contributed by atoms with Crippen LogP contribution in [0.2, 0.25) is 0 Å². The zero-order valence-corrected chi connectivity index (χ0v) is 11.9. The van der Waals surface area contributed by atoms with Crippen molar-refractivity contribution in [3.8, 4) is 0 Å². The number of hydrogen-bond acceptors (Lipinski definition) is 3. The summed E-state index contributed by atoms with van der Waals surface area (Å²) in [6, 6.07) is 0.268. The quantitative estimate of drug-likeness (QED) is 0.812. The van der Waals surface area contributed by atoms with Gasteiger partial charge in [-0.3, -0.25) is 4.79 Å². The van der Waals surface area contributed by atoms with Crippen LogP contribution >= 0.6 is 0 Å². The number of nitrogens with two attached hydrogens (primary N) is 1. The van der Waals surface area contributed by atoms with Crippen molar-refractivity contribution in [3.63, 3.8) is 0 Å². The van der Waals surface area contributed by atoms with E-state index in [1.807, 2.05) is 0 Å². The second-order valence-corrected chi connectivity index (χ2v) is 6.16. The van der Waals surface area contributed by atoms with Crippen LogP contribution in [0.4, 0.5) is 0 Å². The smallest absolute Gasteiger partial charge is 0.225 e. The van der Waals surface area contributed by atoms with Crippen molar-refractivity contribution in [1.82, 2.24) is 4.90 Å². The van der Waals surface area contributed by atoms with E-state index in [2.05, 4.69) is 4.90 Å². The van der Waals surface area contributed by atoms with Gasteiger partial charge in [0.25, 0.3) is 0 Å². The van der Waals surface area contributed by atoms with Crippen molar-refractivity contribution in [3.05, 3.63) is 0 Å². The maximum absolute atomic E-state index is 12.7. The average molecular weight is 268 g/mol. The molecule has 2 aliphatic rings. The Morgan fingerprint density at radius 2 is 2.05 bits per heavy atom. The Labute approximate surface area is 116 Å². The number of likely N-dealkylation sites (tertiary alicyclic amines) is 1. The van der Waals surface area contributed by atoms with Gasteiger partial charge in [0.1, 0.15) is 0 Å². The van der Waals surface area contributed by atoms with Gasteiger partial charge < -0.3 is 15.7 Å². The van der Waals surface area contributed by atoms with Gasteiger partial charge in [0.05, 0.1) is 0 Å². The van der Waals surface area contributed by atoms with Gasteiger partial charge in [-0.1, -0.05) is 6.42 Å². The molecule has 0 spiro atoms. The highest BCUT2D eigenvalue weighted by Crippen LogP contribution is 2.32. The fraction of sp³-hybridized carbons (Fsp3) is 0.933. The first-order valence-electron chi connectivity index (χ1n) is 7.87. The van der Waals surface area contributed by atoms with E-state index >= 15 is 0 Å². The molecule has 0 aromatic heterocycles. The molecule has 1 amide bonds. The second kappa shape index (κ2) is 7.25. The first-order valence-corrected chi connectivity index (χ1v) is 7.87. The molecule has 1 saturated heterocycles. The SMILES string of the molecule is NCC1CCCC(C(=O)N2CCCCC2CCO)C1. The minimum atomic E-state index is 0.182. The van der Waals surface area contributed by atoms with E-state index < -0.39 is 0 Å². The van der Waals surface area contributed by atoms with Crippen molar-refractivity contribution in [2.75, 3.05) is 19.7 Å². The summed E-state index contributed by atoms with van der Waals surface area (Å²) < 4.78 is 0. The molecule has 3 unspecified atom stereocenters. The number of rotatable bonds is 4. The van der Waals surface area contributed by atoms with E-state index in [0.717, 1.165) is 45.1 Å². The molecular weight excluding hydrogens is 240 g/mol. The van der Waals surface area contributed by atoms with E-state index in [-0.39, 0.29) is 18.6 Å². The first-order chi connectivity index (χ1) is 9.26.